The van der Waals surface area contributed by atoms with Crippen molar-refractivity contribution in [2.45, 2.75) is 37.5 Å². The molecule has 0 spiro atoms. The molecular weight excluding hydrogens is 455 g/mol. The number of piperidine rings is 1. The molecule has 4 rings (SSSR count). The van der Waals surface area contributed by atoms with Gasteiger partial charge >= 0.3 is 6.36 Å². The molecule has 0 aliphatic carbocycles. The number of hydrogen-bond donors (Lipinski definition) is 1. The summed E-state index contributed by atoms with van der Waals surface area (Å²) < 4.78 is 52.9. The molecule has 0 saturated carbocycles. The Balaban J connectivity index is 1.54. The van der Waals surface area contributed by atoms with Crippen LogP contribution in [0.1, 0.15) is 35.6 Å². The number of alkyl halides is 3. The van der Waals surface area contributed by atoms with Gasteiger partial charge in [0.1, 0.15) is 5.75 Å². The summed E-state index contributed by atoms with van der Waals surface area (Å²) in [6, 6.07) is 5.91. The predicted octanol–water partition coefficient (Wildman–Crippen LogP) is 2.21. The number of halogens is 3. The lowest BCUT2D eigenvalue weighted by molar-refractivity contribution is -0.274. The summed E-state index contributed by atoms with van der Waals surface area (Å²) in [4.78, 5) is 5.84. The molecule has 1 aromatic heterocycles. The maximum atomic E-state index is 12.5. The number of aromatic nitrogens is 2. The molecule has 2 aliphatic heterocycles. The molecular formula is C22H30F3N5O4. The van der Waals surface area contributed by atoms with Gasteiger partial charge in [-0.2, -0.15) is 0 Å². The Kier molecular flexibility index (Phi) is 7.73. The number of rotatable bonds is 7. The third-order valence-electron chi connectivity index (χ3n) is 6.05. The van der Waals surface area contributed by atoms with Crippen LogP contribution >= 0.6 is 0 Å². The van der Waals surface area contributed by atoms with Gasteiger partial charge < -0.3 is 23.9 Å². The van der Waals surface area contributed by atoms with Crippen molar-refractivity contribution in [1.29, 1.82) is 0 Å². The van der Waals surface area contributed by atoms with E-state index in [1.165, 1.54) is 12.1 Å². The summed E-state index contributed by atoms with van der Waals surface area (Å²) in [6.45, 7) is 3.91. The van der Waals surface area contributed by atoms with E-state index >= 15 is 0 Å². The second kappa shape index (κ2) is 10.6. The summed E-state index contributed by atoms with van der Waals surface area (Å²) in [6.07, 6.45) is -4.89. The minimum atomic E-state index is -4.74. The fourth-order valence-electron chi connectivity index (χ4n) is 4.49. The van der Waals surface area contributed by atoms with Gasteiger partial charge in [0, 0.05) is 26.2 Å². The molecule has 3 heterocycles. The lowest BCUT2D eigenvalue weighted by Gasteiger charge is -2.43. The van der Waals surface area contributed by atoms with Gasteiger partial charge in [0.2, 0.25) is 11.8 Å². The summed E-state index contributed by atoms with van der Waals surface area (Å²) in [7, 11) is 3.82. The van der Waals surface area contributed by atoms with Crippen LogP contribution in [0.2, 0.25) is 0 Å². The average Bonchev–Trinajstić information content (AvgIpc) is 3.26. The van der Waals surface area contributed by atoms with Crippen molar-refractivity contribution in [3.8, 4) is 5.75 Å². The van der Waals surface area contributed by atoms with E-state index in [0.29, 0.717) is 64.1 Å². The van der Waals surface area contributed by atoms with Crippen LogP contribution < -0.4 is 4.74 Å². The van der Waals surface area contributed by atoms with Crippen LogP contribution in [-0.2, 0) is 11.3 Å². The van der Waals surface area contributed by atoms with Crippen molar-refractivity contribution >= 4 is 0 Å². The number of aliphatic hydroxyl groups is 1. The van der Waals surface area contributed by atoms with Gasteiger partial charge in [0.05, 0.1) is 25.7 Å². The van der Waals surface area contributed by atoms with Crippen LogP contribution in [0.4, 0.5) is 13.2 Å². The van der Waals surface area contributed by atoms with Crippen molar-refractivity contribution in [1.82, 2.24) is 24.9 Å². The molecule has 12 heteroatoms. The average molecular weight is 486 g/mol. The monoisotopic (exact) mass is 485 g/mol. The van der Waals surface area contributed by atoms with E-state index in [4.69, 9.17) is 9.15 Å². The van der Waals surface area contributed by atoms with Gasteiger partial charge in [0.15, 0.2) is 6.35 Å². The Labute approximate surface area is 196 Å². The number of likely N-dealkylation sites (tertiary alicyclic amines) is 1. The van der Waals surface area contributed by atoms with E-state index in [1.807, 2.05) is 28.8 Å². The Morgan fingerprint density at radius 1 is 1.09 bits per heavy atom. The molecule has 188 valence electrons. The van der Waals surface area contributed by atoms with Gasteiger partial charge in [-0.3, -0.25) is 9.80 Å². The third kappa shape index (κ3) is 6.45. The number of nitrogens with zero attached hydrogens (tertiary/aromatic N) is 5. The van der Waals surface area contributed by atoms with Gasteiger partial charge in [-0.05, 0) is 44.1 Å². The first-order valence-electron chi connectivity index (χ1n) is 11.2. The fraction of sp³-hybridized carbons (Fsp3) is 0.636. The highest BCUT2D eigenvalue weighted by Crippen LogP contribution is 2.37. The highest BCUT2D eigenvalue weighted by atomic mass is 19.4. The van der Waals surface area contributed by atoms with Gasteiger partial charge in [0.25, 0.3) is 0 Å². The second-order valence-corrected chi connectivity index (χ2v) is 8.97. The molecule has 0 radical (unpaired) electrons. The number of aliphatic hydroxyl groups excluding tert-OH is 1. The summed E-state index contributed by atoms with van der Waals surface area (Å²) >= 11 is 0. The van der Waals surface area contributed by atoms with E-state index in [9.17, 15) is 18.3 Å². The zero-order chi connectivity index (χ0) is 24.3. The molecule has 2 saturated heterocycles. The topological polar surface area (TPSA) is 87.3 Å². The maximum absolute atomic E-state index is 12.5. The molecule has 34 heavy (non-hydrogen) atoms. The number of hydrogen-bond acceptors (Lipinski definition) is 9. The van der Waals surface area contributed by atoms with Crippen LogP contribution in [-0.4, -0.2) is 96.2 Å². The molecule has 9 nitrogen and oxygen atoms in total. The Bertz CT molecular complexity index is 918. The SMILES string of the molecule is CN(C)Cc1nnc(C2CC(c3ccc(OC(F)(F)F)cc3)CN(C(O)N3CCOCC3)C2)o1. The van der Waals surface area contributed by atoms with Crippen molar-refractivity contribution in [3.05, 3.63) is 41.6 Å². The zero-order valence-corrected chi connectivity index (χ0v) is 19.2. The predicted molar refractivity (Wildman–Crippen MR) is 115 cm³/mol. The van der Waals surface area contributed by atoms with Gasteiger partial charge in [-0.1, -0.05) is 12.1 Å². The van der Waals surface area contributed by atoms with E-state index < -0.39 is 12.7 Å². The van der Waals surface area contributed by atoms with E-state index in [0.717, 1.165) is 5.56 Å². The van der Waals surface area contributed by atoms with Crippen molar-refractivity contribution in [2.24, 2.45) is 0 Å². The maximum Gasteiger partial charge on any atom is 0.573 e. The molecule has 0 amide bonds. The Hall–Kier alpha value is -2.25. The summed E-state index contributed by atoms with van der Waals surface area (Å²) in [5.74, 6) is 0.551. The molecule has 1 aromatic carbocycles. The molecule has 1 N–H and O–H groups in total. The molecule has 3 unspecified atom stereocenters. The first-order chi connectivity index (χ1) is 16.2. The highest BCUT2D eigenvalue weighted by Gasteiger charge is 2.37. The van der Waals surface area contributed by atoms with Crippen LogP contribution in [0.15, 0.2) is 28.7 Å². The second-order valence-electron chi connectivity index (χ2n) is 8.97. The fourth-order valence-corrected chi connectivity index (χ4v) is 4.49. The normalized spacial score (nSPS) is 23.9. The highest BCUT2D eigenvalue weighted by molar-refractivity contribution is 5.30. The quantitative estimate of drug-likeness (QED) is 0.634. The van der Waals surface area contributed by atoms with Gasteiger partial charge in [-0.15, -0.1) is 23.4 Å². The number of ether oxygens (including phenoxy) is 2. The van der Waals surface area contributed by atoms with Crippen LogP contribution in [0, 0.1) is 0 Å². The molecule has 0 bridgehead atoms. The Morgan fingerprint density at radius 2 is 1.76 bits per heavy atom. The van der Waals surface area contributed by atoms with Crippen LogP contribution in [0.5, 0.6) is 5.75 Å². The van der Waals surface area contributed by atoms with Crippen molar-refractivity contribution in [2.75, 3.05) is 53.5 Å². The first kappa shape index (κ1) is 24.9. The minimum Gasteiger partial charge on any atom is -0.424 e. The smallest absolute Gasteiger partial charge is 0.424 e. The first-order valence-corrected chi connectivity index (χ1v) is 11.2. The lowest BCUT2D eigenvalue weighted by Crippen LogP contribution is -2.55. The van der Waals surface area contributed by atoms with Crippen LogP contribution in [0.3, 0.4) is 0 Å². The van der Waals surface area contributed by atoms with E-state index in [-0.39, 0.29) is 17.6 Å². The molecule has 2 fully saturated rings. The van der Waals surface area contributed by atoms with Crippen molar-refractivity contribution < 1.29 is 32.2 Å². The van der Waals surface area contributed by atoms with Crippen molar-refractivity contribution in [3.63, 3.8) is 0 Å². The molecule has 3 atom stereocenters. The van der Waals surface area contributed by atoms with Gasteiger partial charge in [-0.25, -0.2) is 0 Å². The molecule has 2 aromatic rings. The Morgan fingerprint density at radius 3 is 2.41 bits per heavy atom. The summed E-state index contributed by atoms with van der Waals surface area (Å²) in [5.41, 5.74) is 0.853. The van der Waals surface area contributed by atoms with E-state index in [2.05, 4.69) is 14.9 Å². The summed E-state index contributed by atoms with van der Waals surface area (Å²) in [5, 5.41) is 19.5. The number of morpholine rings is 1. The number of benzene rings is 1. The zero-order valence-electron chi connectivity index (χ0n) is 19.2. The molecule has 2 aliphatic rings. The van der Waals surface area contributed by atoms with Crippen LogP contribution in [0.25, 0.3) is 0 Å². The standard InChI is InChI=1S/C22H30F3N5O4/c1-28(2)14-19-26-27-20(33-19)17-11-16(15-3-5-18(6-4-15)34-22(23,24)25)12-30(13-17)21(31)29-7-9-32-10-8-29/h3-6,16-17,21,31H,7-14H2,1-2H3. The minimum absolute atomic E-state index is 0.0569. The van der Waals surface area contributed by atoms with E-state index in [1.54, 1.807) is 12.1 Å². The lowest BCUT2D eigenvalue weighted by atomic mass is 9.84. The largest absolute Gasteiger partial charge is 0.573 e. The third-order valence-corrected chi connectivity index (χ3v) is 6.05.